The lowest BCUT2D eigenvalue weighted by Crippen LogP contribution is -2.13. The average Bonchev–Trinajstić information content (AvgIpc) is 2.71. The van der Waals surface area contributed by atoms with Gasteiger partial charge in [0.15, 0.2) is 0 Å². The Bertz CT molecular complexity index is 983. The molecule has 5 heteroatoms. The largest absolute Gasteiger partial charge is 0.493 e. The predicted octanol–water partition coefficient (Wildman–Crippen LogP) is 4.83. The molecule has 5 nitrogen and oxygen atoms in total. The maximum Gasteiger partial charge on any atom is 0.255 e. The molecule has 0 aliphatic rings. The van der Waals surface area contributed by atoms with E-state index in [9.17, 15) is 9.59 Å². The third kappa shape index (κ3) is 5.94. The number of carbonyl (C=O) groups excluding carboxylic acids is 2. The number of ether oxygens (including phenoxy) is 1. The van der Waals surface area contributed by atoms with E-state index in [2.05, 4.69) is 22.8 Å². The molecule has 0 radical (unpaired) electrons. The number of carbonyl (C=O) groups is 2. The van der Waals surface area contributed by atoms with Gasteiger partial charge in [0, 0.05) is 30.3 Å². The molecule has 0 bridgehead atoms. The van der Waals surface area contributed by atoms with Gasteiger partial charge in [-0.1, -0.05) is 36.4 Å². The molecule has 148 valence electrons. The van der Waals surface area contributed by atoms with Gasteiger partial charge in [-0.2, -0.15) is 0 Å². The smallest absolute Gasteiger partial charge is 0.255 e. The van der Waals surface area contributed by atoms with Crippen LogP contribution in [0.2, 0.25) is 0 Å². The molecule has 0 fully saturated rings. The van der Waals surface area contributed by atoms with E-state index in [0.29, 0.717) is 23.5 Å². The lowest BCUT2D eigenvalue weighted by molar-refractivity contribution is -0.114. The van der Waals surface area contributed by atoms with Crippen molar-refractivity contribution in [2.45, 2.75) is 20.3 Å². The van der Waals surface area contributed by atoms with E-state index in [-0.39, 0.29) is 11.8 Å². The monoisotopic (exact) mass is 388 g/mol. The molecule has 0 aromatic heterocycles. The first-order chi connectivity index (χ1) is 14.0. The first-order valence-corrected chi connectivity index (χ1v) is 9.47. The fourth-order valence-corrected chi connectivity index (χ4v) is 2.86. The second kappa shape index (κ2) is 9.55. The standard InChI is InChI=1S/C24H24N2O3/c1-17-8-11-21(16-23(17)25-18(2)27)26-24(28)20-9-12-22(13-10-20)29-15-14-19-6-4-3-5-7-19/h3-13,16H,14-15H2,1-2H3,(H,25,27)(H,26,28). The molecule has 0 aliphatic carbocycles. The third-order valence-corrected chi connectivity index (χ3v) is 4.42. The topological polar surface area (TPSA) is 67.4 Å². The van der Waals surface area contributed by atoms with E-state index < -0.39 is 0 Å². The van der Waals surface area contributed by atoms with E-state index >= 15 is 0 Å². The van der Waals surface area contributed by atoms with Gasteiger partial charge in [0.1, 0.15) is 5.75 Å². The van der Waals surface area contributed by atoms with Crippen molar-refractivity contribution in [2.24, 2.45) is 0 Å². The van der Waals surface area contributed by atoms with Crippen LogP contribution in [-0.4, -0.2) is 18.4 Å². The number of rotatable bonds is 7. The molecule has 0 saturated heterocycles. The molecule has 2 amide bonds. The van der Waals surface area contributed by atoms with Crippen LogP contribution in [-0.2, 0) is 11.2 Å². The van der Waals surface area contributed by atoms with E-state index in [1.807, 2.05) is 31.2 Å². The highest BCUT2D eigenvalue weighted by molar-refractivity contribution is 6.04. The Morgan fingerprint density at radius 3 is 2.31 bits per heavy atom. The van der Waals surface area contributed by atoms with Crippen molar-refractivity contribution in [1.82, 2.24) is 0 Å². The fourth-order valence-electron chi connectivity index (χ4n) is 2.86. The Labute approximate surface area is 170 Å². The highest BCUT2D eigenvalue weighted by Gasteiger charge is 2.08. The van der Waals surface area contributed by atoms with Crippen LogP contribution in [0.1, 0.15) is 28.4 Å². The number of hydrogen-bond donors (Lipinski definition) is 2. The van der Waals surface area contributed by atoms with Crippen molar-refractivity contribution >= 4 is 23.2 Å². The SMILES string of the molecule is CC(=O)Nc1cc(NC(=O)c2ccc(OCCc3ccccc3)cc2)ccc1C. The highest BCUT2D eigenvalue weighted by atomic mass is 16.5. The normalized spacial score (nSPS) is 10.3. The zero-order valence-corrected chi connectivity index (χ0v) is 16.6. The minimum Gasteiger partial charge on any atom is -0.493 e. The summed E-state index contributed by atoms with van der Waals surface area (Å²) in [5.41, 5.74) is 3.97. The van der Waals surface area contributed by atoms with E-state index in [1.54, 1.807) is 36.4 Å². The predicted molar refractivity (Wildman–Crippen MR) is 116 cm³/mol. The summed E-state index contributed by atoms with van der Waals surface area (Å²) in [5, 5.41) is 5.61. The number of nitrogens with one attached hydrogen (secondary N) is 2. The van der Waals surface area contributed by atoms with Crippen LogP contribution in [0, 0.1) is 6.92 Å². The number of benzene rings is 3. The molecule has 0 unspecified atom stereocenters. The van der Waals surface area contributed by atoms with Crippen LogP contribution in [0.5, 0.6) is 5.75 Å². The van der Waals surface area contributed by atoms with Crippen molar-refractivity contribution in [3.8, 4) is 5.75 Å². The first kappa shape index (κ1) is 20.1. The lowest BCUT2D eigenvalue weighted by atomic mass is 10.1. The van der Waals surface area contributed by atoms with Crippen LogP contribution in [0.4, 0.5) is 11.4 Å². The Kier molecular flexibility index (Phi) is 6.63. The van der Waals surface area contributed by atoms with Crippen LogP contribution in [0.15, 0.2) is 72.8 Å². The molecule has 3 rings (SSSR count). The Morgan fingerprint density at radius 1 is 0.897 bits per heavy atom. The molecule has 29 heavy (non-hydrogen) atoms. The van der Waals surface area contributed by atoms with Gasteiger partial charge in [-0.25, -0.2) is 0 Å². The van der Waals surface area contributed by atoms with Crippen molar-refractivity contribution in [3.63, 3.8) is 0 Å². The first-order valence-electron chi connectivity index (χ1n) is 9.47. The molecule has 0 spiro atoms. The second-order valence-electron chi connectivity index (χ2n) is 6.77. The molecular weight excluding hydrogens is 364 g/mol. The summed E-state index contributed by atoms with van der Waals surface area (Å²) in [4.78, 5) is 23.8. The summed E-state index contributed by atoms with van der Waals surface area (Å²) < 4.78 is 5.76. The van der Waals surface area contributed by atoms with Crippen molar-refractivity contribution < 1.29 is 14.3 Å². The van der Waals surface area contributed by atoms with Crippen LogP contribution < -0.4 is 15.4 Å². The average molecular weight is 388 g/mol. The van der Waals surface area contributed by atoms with Gasteiger partial charge in [0.25, 0.3) is 5.91 Å². The molecule has 0 aliphatic heterocycles. The van der Waals surface area contributed by atoms with Crippen molar-refractivity contribution in [2.75, 3.05) is 17.2 Å². The van der Waals surface area contributed by atoms with Gasteiger partial charge < -0.3 is 15.4 Å². The Hall–Kier alpha value is -3.60. The van der Waals surface area contributed by atoms with Gasteiger partial charge in [0.05, 0.1) is 6.61 Å². The minimum absolute atomic E-state index is 0.153. The van der Waals surface area contributed by atoms with E-state index in [0.717, 1.165) is 17.7 Å². The maximum absolute atomic E-state index is 12.5. The summed E-state index contributed by atoms with van der Waals surface area (Å²) in [7, 11) is 0. The van der Waals surface area contributed by atoms with Crippen LogP contribution in [0.3, 0.4) is 0 Å². The second-order valence-corrected chi connectivity index (χ2v) is 6.77. The van der Waals surface area contributed by atoms with Gasteiger partial charge in [-0.3, -0.25) is 9.59 Å². The fraction of sp³-hybridized carbons (Fsp3) is 0.167. The number of anilines is 2. The zero-order chi connectivity index (χ0) is 20.6. The number of amides is 2. The van der Waals surface area contributed by atoms with Crippen molar-refractivity contribution in [1.29, 1.82) is 0 Å². The van der Waals surface area contributed by atoms with E-state index in [4.69, 9.17) is 4.74 Å². The van der Waals surface area contributed by atoms with Crippen molar-refractivity contribution in [3.05, 3.63) is 89.5 Å². The Balaban J connectivity index is 1.57. The van der Waals surface area contributed by atoms with Gasteiger partial charge in [-0.15, -0.1) is 0 Å². The maximum atomic E-state index is 12.5. The third-order valence-electron chi connectivity index (χ3n) is 4.42. The van der Waals surface area contributed by atoms with Gasteiger partial charge in [-0.05, 0) is 54.4 Å². The summed E-state index contributed by atoms with van der Waals surface area (Å²) in [5.74, 6) is 0.346. The summed E-state index contributed by atoms with van der Waals surface area (Å²) in [6.45, 7) is 3.92. The Morgan fingerprint density at radius 2 is 1.62 bits per heavy atom. The number of hydrogen-bond acceptors (Lipinski definition) is 3. The highest BCUT2D eigenvalue weighted by Crippen LogP contribution is 2.21. The summed E-state index contributed by atoms with van der Waals surface area (Å²) in [6.07, 6.45) is 0.827. The lowest BCUT2D eigenvalue weighted by Gasteiger charge is -2.11. The van der Waals surface area contributed by atoms with E-state index in [1.165, 1.54) is 12.5 Å². The van der Waals surface area contributed by atoms with Crippen LogP contribution in [0.25, 0.3) is 0 Å². The summed E-state index contributed by atoms with van der Waals surface area (Å²) in [6, 6.07) is 22.6. The minimum atomic E-state index is -0.224. The van der Waals surface area contributed by atoms with Gasteiger partial charge in [0.2, 0.25) is 5.91 Å². The molecular formula is C24H24N2O3. The summed E-state index contributed by atoms with van der Waals surface area (Å²) >= 11 is 0. The molecule has 3 aromatic carbocycles. The molecule has 0 heterocycles. The molecule has 3 aromatic rings. The van der Waals surface area contributed by atoms with Gasteiger partial charge >= 0.3 is 0 Å². The molecule has 0 saturated carbocycles. The molecule has 2 N–H and O–H groups in total. The number of aryl methyl sites for hydroxylation is 1. The quantitative estimate of drug-likeness (QED) is 0.609. The molecule has 0 atom stereocenters. The zero-order valence-electron chi connectivity index (χ0n) is 16.6. The van der Waals surface area contributed by atoms with Crippen LogP contribution >= 0.6 is 0 Å².